The van der Waals surface area contributed by atoms with Crippen LogP contribution in [0.4, 0.5) is 0 Å². The van der Waals surface area contributed by atoms with Crippen molar-refractivity contribution in [2.45, 2.75) is 50.6 Å². The molecule has 6 nitrogen and oxygen atoms in total. The molecule has 8 heteroatoms. The highest BCUT2D eigenvalue weighted by atomic mass is 35.5. The molecule has 2 aromatic rings. The Labute approximate surface area is 160 Å². The van der Waals surface area contributed by atoms with Crippen LogP contribution in [0.15, 0.2) is 23.4 Å². The van der Waals surface area contributed by atoms with Gasteiger partial charge in [-0.3, -0.25) is 14.6 Å². The molecule has 1 atom stereocenters. The number of halogens is 1. The summed E-state index contributed by atoms with van der Waals surface area (Å²) < 4.78 is 26.3. The lowest BCUT2D eigenvalue weighted by molar-refractivity contribution is 0.197. The first-order chi connectivity index (χ1) is 12.3. The van der Waals surface area contributed by atoms with Gasteiger partial charge in [0.05, 0.1) is 21.3 Å². The molecule has 0 aromatic carbocycles. The van der Waals surface area contributed by atoms with Crippen molar-refractivity contribution in [3.63, 3.8) is 0 Å². The van der Waals surface area contributed by atoms with Crippen molar-refractivity contribution < 1.29 is 8.42 Å². The molecule has 1 aliphatic rings. The normalized spacial score (nSPS) is 19.0. The van der Waals surface area contributed by atoms with E-state index in [-0.39, 0.29) is 10.8 Å². The number of nitrogens with zero attached hydrogens (tertiary/aromatic N) is 4. The van der Waals surface area contributed by atoms with Crippen molar-refractivity contribution in [2.24, 2.45) is 0 Å². The van der Waals surface area contributed by atoms with Gasteiger partial charge < -0.3 is 0 Å². The number of sulfone groups is 1. The Balaban J connectivity index is 1.82. The summed E-state index contributed by atoms with van der Waals surface area (Å²) in [7, 11) is -3.37. The molecule has 3 rings (SSSR count). The van der Waals surface area contributed by atoms with Gasteiger partial charge >= 0.3 is 0 Å². The largest absolute Gasteiger partial charge is 0.298 e. The maximum Gasteiger partial charge on any atom is 0.177 e. The molecule has 1 fully saturated rings. The highest BCUT2D eigenvalue weighted by molar-refractivity contribution is 7.90. The fourth-order valence-corrected chi connectivity index (χ4v) is 4.74. The third-order valence-corrected chi connectivity index (χ3v) is 6.24. The molecule has 0 amide bonds. The van der Waals surface area contributed by atoms with Gasteiger partial charge in [-0.2, -0.15) is 5.10 Å². The summed E-state index contributed by atoms with van der Waals surface area (Å²) in [6.07, 6.45) is 6.80. The van der Waals surface area contributed by atoms with E-state index in [9.17, 15) is 8.42 Å². The number of aryl methyl sites for hydroxylation is 2. The first-order valence-electron chi connectivity index (χ1n) is 8.88. The highest BCUT2D eigenvalue weighted by Gasteiger charge is 2.28. The van der Waals surface area contributed by atoms with Gasteiger partial charge in [-0.1, -0.05) is 11.6 Å². The van der Waals surface area contributed by atoms with Crippen LogP contribution in [0.2, 0.25) is 5.02 Å². The van der Waals surface area contributed by atoms with E-state index in [0.717, 1.165) is 44.7 Å². The number of aromatic nitrogens is 3. The minimum atomic E-state index is -3.37. The second-order valence-electron chi connectivity index (χ2n) is 6.98. The summed E-state index contributed by atoms with van der Waals surface area (Å²) in [5.74, 6) is 0.0901. The Bertz CT molecular complexity index is 895. The molecule has 1 aliphatic heterocycles. The first-order valence-corrected chi connectivity index (χ1v) is 11.2. The summed E-state index contributed by atoms with van der Waals surface area (Å²) in [5.41, 5.74) is 2.91. The summed E-state index contributed by atoms with van der Waals surface area (Å²) in [6, 6.07) is 1.52. The van der Waals surface area contributed by atoms with Crippen molar-refractivity contribution in [1.82, 2.24) is 19.7 Å². The maximum atomic E-state index is 12.2. The Kier molecular flexibility index (Phi) is 5.69. The zero-order valence-corrected chi connectivity index (χ0v) is 17.0. The van der Waals surface area contributed by atoms with Crippen LogP contribution in [-0.4, -0.2) is 47.4 Å². The second-order valence-corrected chi connectivity index (χ2v) is 9.40. The summed E-state index contributed by atoms with van der Waals surface area (Å²) in [6.45, 7) is 7.57. The third kappa shape index (κ3) is 4.27. The minimum absolute atomic E-state index is 0.0901. The van der Waals surface area contributed by atoms with Crippen LogP contribution in [0, 0.1) is 6.92 Å². The second kappa shape index (κ2) is 7.66. The van der Waals surface area contributed by atoms with Crippen molar-refractivity contribution >= 4 is 21.4 Å². The van der Waals surface area contributed by atoms with Gasteiger partial charge in [0.2, 0.25) is 0 Å². The van der Waals surface area contributed by atoms with Gasteiger partial charge in [0.25, 0.3) is 0 Å². The summed E-state index contributed by atoms with van der Waals surface area (Å²) in [4.78, 5) is 7.01. The van der Waals surface area contributed by atoms with E-state index in [4.69, 9.17) is 11.6 Å². The number of hydrogen-bond donors (Lipinski definition) is 0. The summed E-state index contributed by atoms with van der Waals surface area (Å²) in [5, 5.41) is 4.86. The van der Waals surface area contributed by atoms with E-state index in [1.54, 1.807) is 6.20 Å². The lowest BCUT2D eigenvalue weighted by Crippen LogP contribution is -2.34. The smallest absolute Gasteiger partial charge is 0.177 e. The van der Waals surface area contributed by atoms with E-state index in [2.05, 4.69) is 28.1 Å². The van der Waals surface area contributed by atoms with Crippen LogP contribution in [-0.2, 0) is 22.9 Å². The van der Waals surface area contributed by atoms with E-state index < -0.39 is 9.84 Å². The van der Waals surface area contributed by atoms with Gasteiger partial charge in [-0.15, -0.1) is 0 Å². The molecule has 0 saturated carbocycles. The molecule has 142 valence electrons. The quantitative estimate of drug-likeness (QED) is 0.776. The molecule has 0 spiro atoms. The number of rotatable bonds is 5. The van der Waals surface area contributed by atoms with E-state index in [0.29, 0.717) is 10.7 Å². The van der Waals surface area contributed by atoms with Crippen LogP contribution in [0.1, 0.15) is 42.6 Å². The Morgan fingerprint density at radius 1 is 1.38 bits per heavy atom. The van der Waals surface area contributed by atoms with Crippen LogP contribution in [0.25, 0.3) is 0 Å². The van der Waals surface area contributed by atoms with E-state index in [1.165, 1.54) is 17.9 Å². The Morgan fingerprint density at radius 3 is 2.81 bits per heavy atom. The average Bonchev–Trinajstić information content (AvgIpc) is 2.94. The van der Waals surface area contributed by atoms with Gasteiger partial charge in [0, 0.05) is 49.8 Å². The molecule has 0 bridgehead atoms. The molecule has 0 N–H and O–H groups in total. The molecular formula is C18H25ClN4O2S. The number of likely N-dealkylation sites (tertiary alicyclic amines) is 1. The summed E-state index contributed by atoms with van der Waals surface area (Å²) >= 11 is 5.98. The SMILES string of the molecule is CCn1cc(CN2CCCC(c3ncc(Cl)cc3S(C)(=O)=O)C2)c(C)n1. The van der Waals surface area contributed by atoms with Gasteiger partial charge in [-0.05, 0) is 39.3 Å². The fourth-order valence-electron chi connectivity index (χ4n) is 3.57. The molecule has 0 aliphatic carbocycles. The minimum Gasteiger partial charge on any atom is -0.298 e. The van der Waals surface area contributed by atoms with E-state index >= 15 is 0 Å². The molecule has 26 heavy (non-hydrogen) atoms. The van der Waals surface area contributed by atoms with Crippen LogP contribution >= 0.6 is 11.6 Å². The predicted molar refractivity (Wildman–Crippen MR) is 102 cm³/mol. The fraction of sp³-hybridized carbons (Fsp3) is 0.556. The van der Waals surface area contributed by atoms with Gasteiger partial charge in [0.15, 0.2) is 9.84 Å². The topological polar surface area (TPSA) is 68.1 Å². The number of hydrogen-bond acceptors (Lipinski definition) is 5. The average molecular weight is 397 g/mol. The molecule has 1 saturated heterocycles. The Morgan fingerprint density at radius 2 is 2.15 bits per heavy atom. The van der Waals surface area contributed by atoms with Gasteiger partial charge in [-0.25, -0.2) is 8.42 Å². The highest BCUT2D eigenvalue weighted by Crippen LogP contribution is 2.32. The van der Waals surface area contributed by atoms with Gasteiger partial charge in [0.1, 0.15) is 0 Å². The van der Waals surface area contributed by atoms with Crippen molar-refractivity contribution in [3.05, 3.63) is 40.4 Å². The number of piperidine rings is 1. The lowest BCUT2D eigenvalue weighted by atomic mass is 9.94. The Hall–Kier alpha value is -1.44. The molecule has 0 radical (unpaired) electrons. The monoisotopic (exact) mass is 396 g/mol. The van der Waals surface area contributed by atoms with Crippen molar-refractivity contribution in [2.75, 3.05) is 19.3 Å². The van der Waals surface area contributed by atoms with Crippen LogP contribution in [0.3, 0.4) is 0 Å². The van der Waals surface area contributed by atoms with Crippen molar-refractivity contribution in [1.29, 1.82) is 0 Å². The molecular weight excluding hydrogens is 372 g/mol. The lowest BCUT2D eigenvalue weighted by Gasteiger charge is -2.33. The molecule has 1 unspecified atom stereocenters. The van der Waals surface area contributed by atoms with E-state index in [1.807, 2.05) is 11.6 Å². The standard InChI is InChI=1S/C18H25ClN4O2S/c1-4-23-12-15(13(2)21-23)11-22-7-5-6-14(10-22)18-17(26(3,24)25)8-16(19)9-20-18/h8-9,12,14H,4-7,10-11H2,1-3H3. The zero-order chi connectivity index (χ0) is 18.9. The van der Waals surface area contributed by atoms with Crippen molar-refractivity contribution in [3.8, 4) is 0 Å². The molecule has 3 heterocycles. The molecule has 2 aromatic heterocycles. The van der Waals surface area contributed by atoms with Crippen LogP contribution in [0.5, 0.6) is 0 Å². The third-order valence-electron chi connectivity index (χ3n) is 4.91. The zero-order valence-electron chi connectivity index (χ0n) is 15.4. The first kappa shape index (κ1) is 19.3. The predicted octanol–water partition coefficient (Wildman–Crippen LogP) is 3.04. The maximum absolute atomic E-state index is 12.2. The number of pyridine rings is 1. The van der Waals surface area contributed by atoms with Crippen LogP contribution < -0.4 is 0 Å².